The van der Waals surface area contributed by atoms with Crippen molar-refractivity contribution in [3.8, 4) is 16.9 Å². The number of ether oxygens (including phenoxy) is 1. The second-order valence-corrected chi connectivity index (χ2v) is 7.56. The molecule has 0 saturated carbocycles. The van der Waals surface area contributed by atoms with Gasteiger partial charge >= 0.3 is 0 Å². The van der Waals surface area contributed by atoms with Crippen molar-refractivity contribution in [2.45, 2.75) is 26.0 Å². The van der Waals surface area contributed by atoms with Gasteiger partial charge in [-0.15, -0.1) is 0 Å². The van der Waals surface area contributed by atoms with Crippen LogP contribution in [0.25, 0.3) is 16.9 Å². The van der Waals surface area contributed by atoms with Gasteiger partial charge in [-0.2, -0.15) is 5.10 Å². The summed E-state index contributed by atoms with van der Waals surface area (Å²) in [5, 5.41) is 5.40. The highest BCUT2D eigenvalue weighted by Crippen LogP contribution is 2.25. The van der Waals surface area contributed by atoms with Crippen LogP contribution in [-0.2, 0) is 4.74 Å². The van der Waals surface area contributed by atoms with Gasteiger partial charge in [-0.1, -0.05) is 41.9 Å². The smallest absolute Gasteiger partial charge is 0.273 e. The number of aromatic nitrogens is 2. The van der Waals surface area contributed by atoms with Crippen LogP contribution < -0.4 is 0 Å². The third kappa shape index (κ3) is 3.68. The van der Waals surface area contributed by atoms with E-state index in [-0.39, 0.29) is 18.1 Å². The molecular weight excluding hydrogens is 374 g/mol. The van der Waals surface area contributed by atoms with E-state index in [1.165, 1.54) is 0 Å². The minimum absolute atomic E-state index is 0.0156. The van der Waals surface area contributed by atoms with Crippen molar-refractivity contribution in [2.24, 2.45) is 0 Å². The van der Waals surface area contributed by atoms with Crippen LogP contribution in [-0.4, -0.2) is 45.9 Å². The molecule has 4 rings (SSSR count). The number of benzene rings is 2. The molecule has 28 heavy (non-hydrogen) atoms. The third-order valence-corrected chi connectivity index (χ3v) is 5.19. The normalized spacial score (nSPS) is 19.6. The molecule has 144 valence electrons. The lowest BCUT2D eigenvalue weighted by atomic mass is 10.1. The summed E-state index contributed by atoms with van der Waals surface area (Å²) < 4.78 is 7.40. The Balaban J connectivity index is 1.78. The molecule has 0 aliphatic carbocycles. The van der Waals surface area contributed by atoms with Crippen LogP contribution >= 0.6 is 11.6 Å². The summed E-state index contributed by atoms with van der Waals surface area (Å²) in [6.07, 6.45) is 0.0176. The van der Waals surface area contributed by atoms with Crippen LogP contribution in [0.4, 0.5) is 0 Å². The Morgan fingerprint density at radius 1 is 1.11 bits per heavy atom. The Bertz CT molecular complexity index is 969. The molecular formula is C22H22ClN3O2. The van der Waals surface area contributed by atoms with E-state index < -0.39 is 0 Å². The zero-order valence-corrected chi connectivity index (χ0v) is 16.6. The Morgan fingerprint density at radius 3 is 2.54 bits per heavy atom. The van der Waals surface area contributed by atoms with Crippen LogP contribution in [0.15, 0.2) is 60.7 Å². The quantitative estimate of drug-likeness (QED) is 0.658. The van der Waals surface area contributed by atoms with Crippen molar-refractivity contribution in [3.05, 3.63) is 71.4 Å². The highest BCUT2D eigenvalue weighted by atomic mass is 35.5. The number of para-hydroxylation sites is 1. The zero-order chi connectivity index (χ0) is 19.7. The molecule has 2 heterocycles. The summed E-state index contributed by atoms with van der Waals surface area (Å²) in [5.41, 5.74) is 3.03. The van der Waals surface area contributed by atoms with Gasteiger partial charge in [-0.25, -0.2) is 4.68 Å². The van der Waals surface area contributed by atoms with Crippen LogP contribution in [0.5, 0.6) is 0 Å². The molecule has 2 atom stereocenters. The molecule has 0 spiro atoms. The SMILES string of the molecule is CC1CN(C(=O)c2cc(-c3ccc(Cl)cc3)nn2-c2ccccc2)C(C)CO1. The molecule has 1 aliphatic heterocycles. The number of carbonyl (C=O) groups is 1. The van der Waals surface area contributed by atoms with Crippen LogP contribution in [0.1, 0.15) is 24.3 Å². The molecule has 0 N–H and O–H groups in total. The summed E-state index contributed by atoms with van der Waals surface area (Å²) in [5.74, 6) is -0.0424. The Kier molecular flexibility index (Phi) is 5.20. The van der Waals surface area contributed by atoms with Crippen molar-refractivity contribution in [1.29, 1.82) is 0 Å². The minimum atomic E-state index is -0.0424. The van der Waals surface area contributed by atoms with Gasteiger partial charge in [-0.05, 0) is 44.2 Å². The van der Waals surface area contributed by atoms with E-state index in [1.807, 2.05) is 79.4 Å². The summed E-state index contributed by atoms with van der Waals surface area (Å²) in [6, 6.07) is 19.0. The average molecular weight is 396 g/mol. The molecule has 0 radical (unpaired) electrons. The Hall–Kier alpha value is -2.63. The van der Waals surface area contributed by atoms with E-state index >= 15 is 0 Å². The maximum atomic E-state index is 13.4. The van der Waals surface area contributed by atoms with Gasteiger partial charge in [0.15, 0.2) is 0 Å². The first-order valence-corrected chi connectivity index (χ1v) is 9.74. The van der Waals surface area contributed by atoms with Crippen molar-refractivity contribution in [1.82, 2.24) is 14.7 Å². The standard InChI is InChI=1S/C22H22ClN3O2/c1-15-14-28-16(2)13-25(15)22(27)21-12-20(17-8-10-18(23)11-9-17)24-26(21)19-6-4-3-5-7-19/h3-12,15-16H,13-14H2,1-2H3. The lowest BCUT2D eigenvalue weighted by Gasteiger charge is -2.36. The molecule has 1 saturated heterocycles. The van der Waals surface area contributed by atoms with Crippen molar-refractivity contribution in [2.75, 3.05) is 13.2 Å². The van der Waals surface area contributed by atoms with Crippen molar-refractivity contribution in [3.63, 3.8) is 0 Å². The second kappa shape index (κ2) is 7.78. The molecule has 1 aromatic heterocycles. The molecule has 2 aromatic carbocycles. The number of morpholine rings is 1. The van der Waals surface area contributed by atoms with Crippen LogP contribution in [0, 0.1) is 0 Å². The maximum absolute atomic E-state index is 13.4. The molecule has 1 aliphatic rings. The minimum Gasteiger partial charge on any atom is -0.375 e. The Morgan fingerprint density at radius 2 is 1.82 bits per heavy atom. The van der Waals surface area contributed by atoms with E-state index in [4.69, 9.17) is 21.4 Å². The number of rotatable bonds is 3. The molecule has 5 nitrogen and oxygen atoms in total. The Labute approximate surface area is 169 Å². The van der Waals surface area contributed by atoms with Crippen molar-refractivity contribution < 1.29 is 9.53 Å². The molecule has 6 heteroatoms. The number of carbonyl (C=O) groups excluding carboxylic acids is 1. The summed E-state index contributed by atoms with van der Waals surface area (Å²) in [4.78, 5) is 15.3. The highest BCUT2D eigenvalue weighted by molar-refractivity contribution is 6.30. The molecule has 3 aromatic rings. The first-order valence-electron chi connectivity index (χ1n) is 9.37. The molecule has 2 unspecified atom stereocenters. The van der Waals surface area contributed by atoms with Gasteiger partial charge in [0.2, 0.25) is 0 Å². The van der Waals surface area contributed by atoms with E-state index in [2.05, 4.69) is 0 Å². The number of halogens is 1. The number of hydrogen-bond acceptors (Lipinski definition) is 3. The van der Waals surface area contributed by atoms with E-state index in [9.17, 15) is 4.79 Å². The lowest BCUT2D eigenvalue weighted by molar-refractivity contribution is -0.0390. The molecule has 0 bridgehead atoms. The lowest BCUT2D eigenvalue weighted by Crippen LogP contribution is -2.50. The van der Waals surface area contributed by atoms with E-state index in [0.717, 1.165) is 16.9 Å². The zero-order valence-electron chi connectivity index (χ0n) is 15.9. The number of hydrogen-bond donors (Lipinski definition) is 0. The van der Waals surface area contributed by atoms with Gasteiger partial charge in [-0.3, -0.25) is 4.79 Å². The van der Waals surface area contributed by atoms with Gasteiger partial charge in [0.25, 0.3) is 5.91 Å². The second-order valence-electron chi connectivity index (χ2n) is 7.12. The summed E-state index contributed by atoms with van der Waals surface area (Å²) in [7, 11) is 0. The van der Waals surface area contributed by atoms with Gasteiger partial charge in [0.1, 0.15) is 5.69 Å². The van der Waals surface area contributed by atoms with E-state index in [1.54, 1.807) is 4.68 Å². The van der Waals surface area contributed by atoms with Crippen LogP contribution in [0.3, 0.4) is 0 Å². The maximum Gasteiger partial charge on any atom is 0.273 e. The predicted molar refractivity (Wildman–Crippen MR) is 110 cm³/mol. The topological polar surface area (TPSA) is 47.4 Å². The fraction of sp³-hybridized carbons (Fsp3) is 0.273. The first kappa shape index (κ1) is 18.7. The van der Waals surface area contributed by atoms with E-state index in [0.29, 0.717) is 23.9 Å². The number of amides is 1. The highest BCUT2D eigenvalue weighted by Gasteiger charge is 2.31. The summed E-state index contributed by atoms with van der Waals surface area (Å²) >= 11 is 6.01. The van der Waals surface area contributed by atoms with Gasteiger partial charge in [0.05, 0.1) is 30.1 Å². The predicted octanol–water partition coefficient (Wildman–Crippen LogP) is 4.44. The average Bonchev–Trinajstić information content (AvgIpc) is 3.16. The van der Waals surface area contributed by atoms with Crippen molar-refractivity contribution >= 4 is 17.5 Å². The van der Waals surface area contributed by atoms with Gasteiger partial charge in [0, 0.05) is 17.1 Å². The number of nitrogens with zero attached hydrogens (tertiary/aromatic N) is 3. The largest absolute Gasteiger partial charge is 0.375 e. The molecule has 1 amide bonds. The van der Waals surface area contributed by atoms with Crippen LogP contribution in [0.2, 0.25) is 5.02 Å². The molecule has 1 fully saturated rings. The fourth-order valence-corrected chi connectivity index (χ4v) is 3.52. The first-order chi connectivity index (χ1) is 13.5. The van der Waals surface area contributed by atoms with Gasteiger partial charge < -0.3 is 9.64 Å². The fourth-order valence-electron chi connectivity index (χ4n) is 3.39. The summed E-state index contributed by atoms with van der Waals surface area (Å²) in [6.45, 7) is 5.10. The third-order valence-electron chi connectivity index (χ3n) is 4.94. The monoisotopic (exact) mass is 395 g/mol.